The summed E-state index contributed by atoms with van der Waals surface area (Å²) in [6, 6.07) is 22.1. The zero-order valence-corrected chi connectivity index (χ0v) is 13.5. The van der Waals surface area contributed by atoms with Crippen molar-refractivity contribution < 1.29 is 8.68 Å². The summed E-state index contributed by atoms with van der Waals surface area (Å²) in [7, 11) is 0. The first kappa shape index (κ1) is 10.8. The Morgan fingerprint density at radius 3 is 2.62 bits per heavy atom. The van der Waals surface area contributed by atoms with Gasteiger partial charge >= 0.3 is 0 Å². The van der Waals surface area contributed by atoms with Crippen LogP contribution in [0.5, 0.6) is 0 Å². The van der Waals surface area contributed by atoms with Crippen LogP contribution in [0.4, 0.5) is 0 Å². The first-order valence-electron chi connectivity index (χ1n) is 9.69. The van der Waals surface area contributed by atoms with Gasteiger partial charge in [0.05, 0.1) is 5.56 Å². The van der Waals surface area contributed by atoms with Crippen molar-refractivity contribution in [3.05, 3.63) is 83.4 Å². The van der Waals surface area contributed by atoms with E-state index in [4.69, 9.17) is 4.11 Å². The van der Waals surface area contributed by atoms with Crippen molar-refractivity contribution in [1.29, 1.82) is 0 Å². The number of aromatic nitrogens is 2. The average molecular weight is 314 g/mol. The van der Waals surface area contributed by atoms with Crippen LogP contribution in [-0.2, 0) is 6.54 Å². The van der Waals surface area contributed by atoms with E-state index in [2.05, 4.69) is 39.5 Å². The Morgan fingerprint density at radius 1 is 0.917 bits per heavy atom. The fraction of sp³-hybridized carbons (Fsp3) is 0.136. The molecule has 1 aliphatic rings. The number of hydrogen-bond acceptors (Lipinski definition) is 0. The topological polar surface area (TPSA) is 8.81 Å². The maximum atomic E-state index is 8.08. The number of hydrogen-bond donors (Lipinski definition) is 0. The zero-order valence-electron chi connectivity index (χ0n) is 16.5. The lowest BCUT2D eigenvalue weighted by Gasteiger charge is -2.08. The van der Waals surface area contributed by atoms with Crippen molar-refractivity contribution >= 4 is 11.0 Å². The summed E-state index contributed by atoms with van der Waals surface area (Å²) in [6.45, 7) is 0.605. The second kappa shape index (κ2) is 4.81. The molecule has 1 aliphatic heterocycles. The van der Waals surface area contributed by atoms with E-state index >= 15 is 0 Å². The van der Waals surface area contributed by atoms with Crippen LogP contribution in [0.25, 0.3) is 28.1 Å². The largest absolute Gasteiger partial charge is 0.295 e. The fourth-order valence-electron chi connectivity index (χ4n) is 3.89. The highest BCUT2D eigenvalue weighted by atomic mass is 15.2. The van der Waals surface area contributed by atoms with E-state index in [0.717, 1.165) is 40.2 Å². The first-order valence-corrected chi connectivity index (χ1v) is 8.19. The fourth-order valence-corrected chi connectivity index (χ4v) is 3.89. The predicted molar refractivity (Wildman–Crippen MR) is 97.5 cm³/mol. The van der Waals surface area contributed by atoms with Crippen LogP contribution < -0.4 is 4.57 Å². The van der Waals surface area contributed by atoms with Gasteiger partial charge in [-0.15, -0.1) is 0 Å². The summed E-state index contributed by atoms with van der Waals surface area (Å²) in [5.41, 5.74) is 6.67. The van der Waals surface area contributed by atoms with Gasteiger partial charge in [0, 0.05) is 9.68 Å². The van der Waals surface area contributed by atoms with E-state index in [1.807, 2.05) is 37.3 Å². The molecule has 116 valence electrons. The number of fused-ring (bicyclic) bond motifs is 5. The Labute approximate surface area is 145 Å². The SMILES string of the molecule is [2H]C([2H])([2H])c1cccc(C)c1-n1c2[n+](c3ccccc31)Cc1ccccc1-2. The van der Waals surface area contributed by atoms with Gasteiger partial charge < -0.3 is 0 Å². The Bertz CT molecular complexity index is 1200. The molecule has 0 atom stereocenters. The number of nitrogens with zero attached hydrogens (tertiary/aromatic N) is 2. The minimum atomic E-state index is -2.18. The van der Waals surface area contributed by atoms with Gasteiger partial charge in [0.2, 0.25) is 0 Å². The van der Waals surface area contributed by atoms with E-state index in [0.29, 0.717) is 5.56 Å². The maximum Gasteiger partial charge on any atom is 0.295 e. The summed E-state index contributed by atoms with van der Waals surface area (Å²) in [5.74, 6) is 1.05. The molecule has 0 radical (unpaired) electrons. The van der Waals surface area contributed by atoms with E-state index in [1.54, 1.807) is 6.07 Å². The molecule has 0 fully saturated rings. The standard InChI is InChI=1S/C22H19N2/c1-15-8-7-9-16(2)21(15)24-20-13-6-5-12-19(20)23-14-17-10-3-4-11-18(17)22(23)24/h3-13H,14H2,1-2H3/q+1/i1D3. The lowest BCUT2D eigenvalue weighted by Crippen LogP contribution is -2.31. The van der Waals surface area contributed by atoms with Gasteiger partial charge in [0.1, 0.15) is 12.2 Å². The molecule has 3 aromatic carbocycles. The summed E-state index contributed by atoms with van der Waals surface area (Å²) < 4.78 is 28.7. The molecule has 24 heavy (non-hydrogen) atoms. The molecule has 0 saturated heterocycles. The third kappa shape index (κ3) is 1.68. The molecule has 0 amide bonds. The first-order chi connectivity index (χ1) is 13.0. The molecule has 2 heterocycles. The zero-order chi connectivity index (χ0) is 18.8. The number of rotatable bonds is 1. The molecule has 0 aliphatic carbocycles. The van der Waals surface area contributed by atoms with Crippen molar-refractivity contribution in [1.82, 2.24) is 4.57 Å². The predicted octanol–water partition coefficient (Wildman–Crippen LogP) is 4.56. The van der Waals surface area contributed by atoms with Gasteiger partial charge in [0.15, 0.2) is 11.0 Å². The summed E-state index contributed by atoms with van der Waals surface area (Å²) in [6.07, 6.45) is 0. The molecule has 0 bridgehead atoms. The van der Waals surface area contributed by atoms with Crippen molar-refractivity contribution in [2.24, 2.45) is 0 Å². The normalized spacial score (nSPS) is 14.8. The third-order valence-corrected chi connectivity index (χ3v) is 4.93. The maximum absolute atomic E-state index is 8.08. The van der Waals surface area contributed by atoms with Gasteiger partial charge in [-0.1, -0.05) is 48.5 Å². The minimum absolute atomic E-state index is 0.385. The smallest absolute Gasteiger partial charge is 0.218 e. The quantitative estimate of drug-likeness (QED) is 0.401. The van der Waals surface area contributed by atoms with E-state index in [9.17, 15) is 0 Å². The Morgan fingerprint density at radius 2 is 1.71 bits per heavy atom. The highest BCUT2D eigenvalue weighted by Gasteiger charge is 2.35. The van der Waals surface area contributed by atoms with Crippen LogP contribution in [-0.4, -0.2) is 4.57 Å². The summed E-state index contributed by atoms with van der Waals surface area (Å²) in [5, 5.41) is 0. The van der Waals surface area contributed by atoms with Crippen LogP contribution in [0.3, 0.4) is 0 Å². The Kier molecular flexibility index (Phi) is 2.17. The van der Waals surface area contributed by atoms with E-state index in [-0.39, 0.29) is 0 Å². The molecular formula is C22H19N2+. The van der Waals surface area contributed by atoms with Gasteiger partial charge in [-0.2, -0.15) is 4.57 Å². The lowest BCUT2D eigenvalue weighted by molar-refractivity contribution is -0.645. The number of benzene rings is 3. The molecule has 1 aromatic heterocycles. The molecule has 0 N–H and O–H groups in total. The van der Waals surface area contributed by atoms with Crippen LogP contribution >= 0.6 is 0 Å². The van der Waals surface area contributed by atoms with Gasteiger partial charge in [-0.25, -0.2) is 4.57 Å². The van der Waals surface area contributed by atoms with Gasteiger partial charge in [-0.05, 0) is 43.1 Å². The highest BCUT2D eigenvalue weighted by molar-refractivity contribution is 5.81. The van der Waals surface area contributed by atoms with Gasteiger partial charge in [-0.3, -0.25) is 0 Å². The van der Waals surface area contributed by atoms with Crippen molar-refractivity contribution in [2.45, 2.75) is 20.3 Å². The molecule has 0 unspecified atom stereocenters. The molecule has 0 saturated carbocycles. The molecule has 4 aromatic rings. The molecule has 2 heteroatoms. The highest BCUT2D eigenvalue weighted by Crippen LogP contribution is 2.35. The van der Waals surface area contributed by atoms with Crippen LogP contribution in [0.1, 0.15) is 20.8 Å². The number of para-hydroxylation sites is 3. The van der Waals surface area contributed by atoms with Crippen LogP contribution in [0, 0.1) is 13.8 Å². The van der Waals surface area contributed by atoms with Crippen molar-refractivity contribution in [3.63, 3.8) is 0 Å². The molecule has 5 rings (SSSR count). The number of aryl methyl sites for hydroxylation is 2. The Hall–Kier alpha value is -2.87. The second-order valence-corrected chi connectivity index (χ2v) is 6.36. The molecule has 0 spiro atoms. The average Bonchev–Trinajstić information content (AvgIpc) is 3.16. The van der Waals surface area contributed by atoms with Crippen molar-refractivity contribution in [3.8, 4) is 17.1 Å². The van der Waals surface area contributed by atoms with Crippen molar-refractivity contribution in [2.75, 3.05) is 0 Å². The summed E-state index contributed by atoms with van der Waals surface area (Å²) >= 11 is 0. The van der Waals surface area contributed by atoms with Crippen LogP contribution in [0.15, 0.2) is 66.7 Å². The third-order valence-electron chi connectivity index (χ3n) is 4.93. The van der Waals surface area contributed by atoms with Crippen LogP contribution in [0.2, 0.25) is 0 Å². The number of imidazole rings is 1. The molecule has 2 nitrogen and oxygen atoms in total. The Balaban J connectivity index is 1.96. The van der Waals surface area contributed by atoms with E-state index < -0.39 is 6.85 Å². The van der Waals surface area contributed by atoms with Gasteiger partial charge in [0.25, 0.3) is 5.82 Å². The molecular weight excluding hydrogens is 292 g/mol. The van der Waals surface area contributed by atoms with E-state index in [1.165, 1.54) is 5.56 Å². The second-order valence-electron chi connectivity index (χ2n) is 6.36. The summed E-state index contributed by atoms with van der Waals surface area (Å²) in [4.78, 5) is 0. The lowest BCUT2D eigenvalue weighted by atomic mass is 10.1. The monoisotopic (exact) mass is 314 g/mol. The minimum Gasteiger partial charge on any atom is -0.218 e.